The summed E-state index contributed by atoms with van der Waals surface area (Å²) in [6, 6.07) is 0. The van der Waals surface area contributed by atoms with Crippen molar-refractivity contribution < 1.29 is 10.0 Å². The maximum Gasteiger partial charge on any atom is 0.247 e. The minimum atomic E-state index is -0.380. The summed E-state index contributed by atoms with van der Waals surface area (Å²) in [5.41, 5.74) is 1.56. The summed E-state index contributed by atoms with van der Waals surface area (Å²) in [6.45, 7) is 3.60. The Hall–Kier alpha value is -1.09. The van der Waals surface area contributed by atoms with Crippen LogP contribution in [0.15, 0.2) is 24.8 Å². The number of carbonyl (C=O) groups excluding carboxylic acids is 1. The third-order valence-corrected chi connectivity index (χ3v) is 1.37. The Morgan fingerprint density at radius 2 is 2.17 bits per heavy atom. The van der Waals surface area contributed by atoms with Crippen molar-refractivity contribution >= 4 is 5.91 Å². The Balaban J connectivity index is 3.25. The molecule has 0 atom stereocenters. The molecule has 0 aromatic carbocycles. The molecule has 0 rings (SSSR count). The third kappa shape index (κ3) is 7.02. The molecule has 0 fully saturated rings. The van der Waals surface area contributed by atoms with E-state index in [-0.39, 0.29) is 12.3 Å². The van der Waals surface area contributed by atoms with Crippen molar-refractivity contribution in [2.24, 2.45) is 0 Å². The fraction of sp³-hybridized carbons (Fsp3) is 0.444. The Labute approximate surface area is 72.7 Å². The van der Waals surface area contributed by atoms with Crippen molar-refractivity contribution in [1.29, 1.82) is 0 Å². The van der Waals surface area contributed by atoms with Crippen LogP contribution in [0.5, 0.6) is 0 Å². The fourth-order valence-electron chi connectivity index (χ4n) is 0.734. The van der Waals surface area contributed by atoms with E-state index >= 15 is 0 Å². The molecule has 0 spiro atoms. The van der Waals surface area contributed by atoms with Gasteiger partial charge in [-0.05, 0) is 19.3 Å². The Bertz CT molecular complexity index is 164. The SMILES string of the molecule is C=CCCC/C=C/CC(=O)NO. The molecule has 0 aromatic heterocycles. The quantitative estimate of drug-likeness (QED) is 0.275. The highest BCUT2D eigenvalue weighted by atomic mass is 16.5. The molecule has 0 unspecified atom stereocenters. The molecule has 0 radical (unpaired) electrons. The first-order valence-electron chi connectivity index (χ1n) is 4.00. The molecule has 2 N–H and O–H groups in total. The first kappa shape index (κ1) is 10.9. The number of unbranched alkanes of at least 4 members (excludes halogenated alkanes) is 2. The first-order valence-corrected chi connectivity index (χ1v) is 4.00. The maximum absolute atomic E-state index is 10.5. The first-order chi connectivity index (χ1) is 5.81. The smallest absolute Gasteiger partial charge is 0.247 e. The third-order valence-electron chi connectivity index (χ3n) is 1.37. The van der Waals surface area contributed by atoms with Crippen molar-refractivity contribution in [3.8, 4) is 0 Å². The van der Waals surface area contributed by atoms with Gasteiger partial charge in [-0.1, -0.05) is 18.2 Å². The topological polar surface area (TPSA) is 49.3 Å². The van der Waals surface area contributed by atoms with Crippen molar-refractivity contribution in [1.82, 2.24) is 5.48 Å². The minimum Gasteiger partial charge on any atom is -0.289 e. The van der Waals surface area contributed by atoms with E-state index in [0.717, 1.165) is 19.3 Å². The average molecular weight is 169 g/mol. The van der Waals surface area contributed by atoms with Crippen LogP contribution in [0.3, 0.4) is 0 Å². The predicted molar refractivity (Wildman–Crippen MR) is 47.7 cm³/mol. The van der Waals surface area contributed by atoms with Crippen LogP contribution in [0.4, 0.5) is 0 Å². The van der Waals surface area contributed by atoms with E-state index in [0.29, 0.717) is 0 Å². The van der Waals surface area contributed by atoms with E-state index < -0.39 is 0 Å². The van der Waals surface area contributed by atoms with Crippen molar-refractivity contribution in [2.45, 2.75) is 25.7 Å². The molecule has 3 nitrogen and oxygen atoms in total. The van der Waals surface area contributed by atoms with Crippen molar-refractivity contribution in [3.63, 3.8) is 0 Å². The Kier molecular flexibility index (Phi) is 7.28. The number of carbonyl (C=O) groups is 1. The van der Waals surface area contributed by atoms with Gasteiger partial charge in [-0.15, -0.1) is 6.58 Å². The second-order valence-corrected chi connectivity index (χ2v) is 2.43. The summed E-state index contributed by atoms with van der Waals surface area (Å²) in [7, 11) is 0. The average Bonchev–Trinajstić information content (AvgIpc) is 2.10. The van der Waals surface area contributed by atoms with Crippen LogP contribution in [-0.4, -0.2) is 11.1 Å². The lowest BCUT2D eigenvalue weighted by Crippen LogP contribution is -2.16. The lowest BCUT2D eigenvalue weighted by atomic mass is 10.2. The summed E-state index contributed by atoms with van der Waals surface area (Å²) in [5, 5.41) is 8.13. The Morgan fingerprint density at radius 3 is 2.75 bits per heavy atom. The Morgan fingerprint density at radius 1 is 1.42 bits per heavy atom. The van der Waals surface area contributed by atoms with Crippen molar-refractivity contribution in [3.05, 3.63) is 24.8 Å². The summed E-state index contributed by atoms with van der Waals surface area (Å²) >= 11 is 0. The zero-order chi connectivity index (χ0) is 9.23. The van der Waals surface area contributed by atoms with Crippen LogP contribution < -0.4 is 5.48 Å². The molecule has 12 heavy (non-hydrogen) atoms. The van der Waals surface area contributed by atoms with E-state index in [9.17, 15) is 4.79 Å². The monoisotopic (exact) mass is 169 g/mol. The summed E-state index contributed by atoms with van der Waals surface area (Å²) < 4.78 is 0. The number of nitrogens with one attached hydrogen (secondary N) is 1. The number of rotatable bonds is 6. The van der Waals surface area contributed by atoms with E-state index in [1.807, 2.05) is 12.2 Å². The predicted octanol–water partition coefficient (Wildman–Crippen LogP) is 1.79. The summed E-state index contributed by atoms with van der Waals surface area (Å²) in [5.74, 6) is -0.380. The molecule has 0 aromatic rings. The van der Waals surface area contributed by atoms with E-state index in [1.165, 1.54) is 0 Å². The number of allylic oxidation sites excluding steroid dienone is 2. The number of hydroxylamine groups is 1. The van der Waals surface area contributed by atoms with Gasteiger partial charge in [-0.2, -0.15) is 0 Å². The molecule has 0 saturated heterocycles. The zero-order valence-electron chi connectivity index (χ0n) is 7.12. The van der Waals surface area contributed by atoms with Gasteiger partial charge in [0.15, 0.2) is 0 Å². The second kappa shape index (κ2) is 8.01. The molecule has 3 heteroatoms. The van der Waals surface area contributed by atoms with Gasteiger partial charge in [0.25, 0.3) is 0 Å². The molecule has 0 bridgehead atoms. The van der Waals surface area contributed by atoms with Gasteiger partial charge in [0.1, 0.15) is 0 Å². The zero-order valence-corrected chi connectivity index (χ0v) is 7.12. The van der Waals surface area contributed by atoms with Gasteiger partial charge in [0.2, 0.25) is 5.91 Å². The summed E-state index contributed by atoms with van der Waals surface area (Å²) in [4.78, 5) is 10.5. The van der Waals surface area contributed by atoms with Crippen molar-refractivity contribution in [2.75, 3.05) is 0 Å². The largest absolute Gasteiger partial charge is 0.289 e. The van der Waals surface area contributed by atoms with Gasteiger partial charge in [-0.3, -0.25) is 10.0 Å². The standard InChI is InChI=1S/C9H15NO2/c1-2-3-4-5-6-7-8-9(11)10-12/h2,6-7,12H,1,3-5,8H2,(H,10,11)/b7-6+. The lowest BCUT2D eigenvalue weighted by Gasteiger charge is -1.91. The van der Waals surface area contributed by atoms with Gasteiger partial charge < -0.3 is 0 Å². The molecule has 0 saturated carbocycles. The van der Waals surface area contributed by atoms with Gasteiger partial charge in [0, 0.05) is 6.42 Å². The molecule has 68 valence electrons. The number of amides is 1. The molecule has 0 aliphatic rings. The molecule has 1 amide bonds. The van der Waals surface area contributed by atoms with Gasteiger partial charge >= 0.3 is 0 Å². The minimum absolute atomic E-state index is 0.241. The van der Waals surface area contributed by atoms with Gasteiger partial charge in [-0.25, -0.2) is 5.48 Å². The molecule has 0 aliphatic heterocycles. The van der Waals surface area contributed by atoms with Crippen LogP contribution in [0.25, 0.3) is 0 Å². The second-order valence-electron chi connectivity index (χ2n) is 2.43. The van der Waals surface area contributed by atoms with Crippen LogP contribution in [0, 0.1) is 0 Å². The lowest BCUT2D eigenvalue weighted by molar-refractivity contribution is -0.128. The highest BCUT2D eigenvalue weighted by Gasteiger charge is 1.91. The fourth-order valence-corrected chi connectivity index (χ4v) is 0.734. The highest BCUT2D eigenvalue weighted by molar-refractivity contribution is 5.76. The maximum atomic E-state index is 10.5. The number of hydrogen-bond donors (Lipinski definition) is 2. The van der Waals surface area contributed by atoms with Crippen LogP contribution in [-0.2, 0) is 4.79 Å². The van der Waals surface area contributed by atoms with Crippen LogP contribution in [0.2, 0.25) is 0 Å². The molecular formula is C9H15NO2. The van der Waals surface area contributed by atoms with Crippen LogP contribution in [0.1, 0.15) is 25.7 Å². The number of hydrogen-bond acceptors (Lipinski definition) is 2. The van der Waals surface area contributed by atoms with Gasteiger partial charge in [0.05, 0.1) is 0 Å². The molecule has 0 aliphatic carbocycles. The van der Waals surface area contributed by atoms with E-state index in [2.05, 4.69) is 6.58 Å². The molecular weight excluding hydrogens is 154 g/mol. The molecule has 0 heterocycles. The van der Waals surface area contributed by atoms with Crippen LogP contribution >= 0.6 is 0 Å². The van der Waals surface area contributed by atoms with E-state index in [4.69, 9.17) is 5.21 Å². The normalized spacial score (nSPS) is 10.1. The van der Waals surface area contributed by atoms with E-state index in [1.54, 1.807) is 11.6 Å². The summed E-state index contributed by atoms with van der Waals surface area (Å²) in [6.07, 6.45) is 8.79. The highest BCUT2D eigenvalue weighted by Crippen LogP contribution is 1.97.